The van der Waals surface area contributed by atoms with Gasteiger partial charge in [-0.15, -0.1) is 0 Å². The number of carbonyl (C=O) groups is 2. The quantitative estimate of drug-likeness (QED) is 0.473. The van der Waals surface area contributed by atoms with E-state index in [4.69, 9.17) is 15.2 Å². The van der Waals surface area contributed by atoms with Gasteiger partial charge < -0.3 is 30.5 Å². The summed E-state index contributed by atoms with van der Waals surface area (Å²) in [6.45, 7) is 4.76. The van der Waals surface area contributed by atoms with Crippen LogP contribution in [-0.4, -0.2) is 56.5 Å². The minimum Gasteiger partial charge on any atom is -0.481 e. The molecule has 1 fully saturated rings. The van der Waals surface area contributed by atoms with Gasteiger partial charge in [0.15, 0.2) is 0 Å². The second kappa shape index (κ2) is 11.7. The van der Waals surface area contributed by atoms with Gasteiger partial charge in [-0.3, -0.25) is 9.59 Å². The normalized spacial score (nSPS) is 15.1. The van der Waals surface area contributed by atoms with E-state index in [1.54, 1.807) is 19.2 Å². The van der Waals surface area contributed by atoms with Crippen molar-refractivity contribution in [2.24, 2.45) is 5.73 Å². The average molecular weight is 456 g/mol. The molecule has 1 amide bonds. The molecule has 0 radical (unpaired) electrons. The van der Waals surface area contributed by atoms with Gasteiger partial charge in [0.25, 0.3) is 0 Å². The second-order valence-corrected chi connectivity index (χ2v) is 8.22. The number of hydrogen-bond acceptors (Lipinski definition) is 6. The number of aliphatic carboxylic acids is 1. The summed E-state index contributed by atoms with van der Waals surface area (Å²) < 4.78 is 10.8. The molecule has 8 nitrogen and oxygen atoms in total. The van der Waals surface area contributed by atoms with Crippen molar-refractivity contribution in [1.29, 1.82) is 0 Å². The fourth-order valence-corrected chi connectivity index (χ4v) is 4.34. The minimum atomic E-state index is -0.866. The Kier molecular flexibility index (Phi) is 8.68. The molecule has 0 saturated carbocycles. The zero-order valence-electron chi connectivity index (χ0n) is 19.3. The first-order chi connectivity index (χ1) is 15.9. The lowest BCUT2D eigenvalue weighted by Crippen LogP contribution is -2.39. The predicted molar refractivity (Wildman–Crippen MR) is 128 cm³/mol. The van der Waals surface area contributed by atoms with Crippen molar-refractivity contribution in [3.8, 4) is 0 Å². The third-order valence-electron chi connectivity index (χ3n) is 6.01. The first-order valence-corrected chi connectivity index (χ1v) is 11.3. The number of hydrogen-bond donors (Lipinski definition) is 3. The molecule has 1 unspecified atom stereocenters. The lowest BCUT2D eigenvalue weighted by atomic mass is 9.94. The van der Waals surface area contributed by atoms with Gasteiger partial charge in [-0.25, -0.2) is 0 Å². The standard InChI is InChI=1S/C25H33N3O5/c1-3-28(21-10-12-33-13-11-21)23-9-6-18(19(16-32-2)15-24(29)30)14-22(23)27-20-7-4-17(5-8-20)25(26)31/h4-9,14,19,21,27H,3,10-13,15-16H2,1-2H3,(H2,26,31)(H,29,30). The summed E-state index contributed by atoms with van der Waals surface area (Å²) >= 11 is 0. The monoisotopic (exact) mass is 455 g/mol. The molecule has 2 aromatic carbocycles. The Morgan fingerprint density at radius 2 is 1.91 bits per heavy atom. The van der Waals surface area contributed by atoms with Crippen molar-refractivity contribution in [1.82, 2.24) is 0 Å². The molecule has 1 saturated heterocycles. The molecule has 3 rings (SSSR count). The van der Waals surface area contributed by atoms with Gasteiger partial charge >= 0.3 is 5.97 Å². The zero-order valence-corrected chi connectivity index (χ0v) is 19.3. The Morgan fingerprint density at radius 1 is 1.21 bits per heavy atom. The molecule has 8 heteroatoms. The predicted octanol–water partition coefficient (Wildman–Crippen LogP) is 3.74. The molecule has 4 N–H and O–H groups in total. The van der Waals surface area contributed by atoms with Gasteiger partial charge in [0.05, 0.1) is 24.4 Å². The molecule has 178 valence electrons. The number of carbonyl (C=O) groups excluding carboxylic acids is 1. The molecular formula is C25H33N3O5. The van der Waals surface area contributed by atoms with Crippen LogP contribution in [0, 0.1) is 0 Å². The number of methoxy groups -OCH3 is 1. The highest BCUT2D eigenvalue weighted by atomic mass is 16.5. The zero-order chi connectivity index (χ0) is 23.8. The Labute approximate surface area is 194 Å². The molecule has 33 heavy (non-hydrogen) atoms. The van der Waals surface area contributed by atoms with Gasteiger partial charge in [-0.1, -0.05) is 6.07 Å². The summed E-state index contributed by atoms with van der Waals surface area (Å²) in [5.41, 5.74) is 9.42. The Hall–Kier alpha value is -3.10. The van der Waals surface area contributed by atoms with Crippen molar-refractivity contribution in [2.75, 3.05) is 43.7 Å². The minimum absolute atomic E-state index is 0.0165. The van der Waals surface area contributed by atoms with Crippen LogP contribution in [0.2, 0.25) is 0 Å². The summed E-state index contributed by atoms with van der Waals surface area (Å²) in [5, 5.41) is 12.8. The molecule has 0 spiro atoms. The van der Waals surface area contributed by atoms with Gasteiger partial charge in [0, 0.05) is 50.1 Å². The van der Waals surface area contributed by atoms with E-state index in [2.05, 4.69) is 23.2 Å². The van der Waals surface area contributed by atoms with E-state index in [0.29, 0.717) is 18.2 Å². The van der Waals surface area contributed by atoms with Gasteiger partial charge in [-0.2, -0.15) is 0 Å². The molecule has 1 atom stereocenters. The van der Waals surface area contributed by atoms with Crippen LogP contribution in [0.5, 0.6) is 0 Å². The first kappa shape index (κ1) is 24.5. The number of ether oxygens (including phenoxy) is 2. The highest BCUT2D eigenvalue weighted by molar-refractivity contribution is 5.93. The van der Waals surface area contributed by atoms with Crippen molar-refractivity contribution in [3.05, 3.63) is 53.6 Å². The first-order valence-electron chi connectivity index (χ1n) is 11.3. The van der Waals surface area contributed by atoms with E-state index in [-0.39, 0.29) is 12.3 Å². The van der Waals surface area contributed by atoms with Gasteiger partial charge in [-0.05, 0) is 61.7 Å². The van der Waals surface area contributed by atoms with Crippen molar-refractivity contribution < 1.29 is 24.2 Å². The van der Waals surface area contributed by atoms with Crippen LogP contribution < -0.4 is 16.0 Å². The molecule has 1 heterocycles. The summed E-state index contributed by atoms with van der Waals surface area (Å²) in [6.07, 6.45) is 1.89. The maximum absolute atomic E-state index is 11.4. The lowest BCUT2D eigenvalue weighted by Gasteiger charge is -2.37. The topological polar surface area (TPSA) is 114 Å². The van der Waals surface area contributed by atoms with Crippen LogP contribution in [0.4, 0.5) is 17.1 Å². The highest BCUT2D eigenvalue weighted by Crippen LogP contribution is 2.35. The van der Waals surface area contributed by atoms with E-state index in [1.165, 1.54) is 0 Å². The van der Waals surface area contributed by atoms with Crippen LogP contribution in [-0.2, 0) is 14.3 Å². The smallest absolute Gasteiger partial charge is 0.304 e. The fraction of sp³-hybridized carbons (Fsp3) is 0.440. The maximum Gasteiger partial charge on any atom is 0.304 e. The van der Waals surface area contributed by atoms with Crippen LogP contribution in [0.1, 0.15) is 48.0 Å². The third-order valence-corrected chi connectivity index (χ3v) is 6.01. The number of primary amides is 1. The molecule has 1 aliphatic heterocycles. The fourth-order valence-electron chi connectivity index (χ4n) is 4.34. The number of rotatable bonds is 11. The van der Waals surface area contributed by atoms with Crippen LogP contribution in [0.15, 0.2) is 42.5 Å². The molecule has 0 aliphatic carbocycles. The number of nitrogens with one attached hydrogen (secondary N) is 1. The second-order valence-electron chi connectivity index (χ2n) is 8.22. The maximum atomic E-state index is 11.4. The van der Waals surface area contributed by atoms with E-state index < -0.39 is 11.9 Å². The number of nitrogens with two attached hydrogens (primary N) is 1. The van der Waals surface area contributed by atoms with Gasteiger partial charge in [0.2, 0.25) is 5.91 Å². The van der Waals surface area contributed by atoms with E-state index in [9.17, 15) is 14.7 Å². The number of amides is 1. The number of benzene rings is 2. The van der Waals surface area contributed by atoms with Crippen LogP contribution >= 0.6 is 0 Å². The third kappa shape index (κ3) is 6.46. The van der Waals surface area contributed by atoms with E-state index in [0.717, 1.165) is 55.2 Å². The van der Waals surface area contributed by atoms with Crippen LogP contribution in [0.25, 0.3) is 0 Å². The summed E-state index contributed by atoms with van der Waals surface area (Å²) in [4.78, 5) is 25.2. The van der Waals surface area contributed by atoms with Gasteiger partial charge in [0.1, 0.15) is 0 Å². The highest BCUT2D eigenvalue weighted by Gasteiger charge is 2.24. The molecule has 0 bridgehead atoms. The number of carboxylic acid groups (broad SMARTS) is 1. The summed E-state index contributed by atoms with van der Waals surface area (Å²) in [6, 6.07) is 13.4. The summed E-state index contributed by atoms with van der Waals surface area (Å²) in [5.74, 6) is -1.61. The Morgan fingerprint density at radius 3 is 2.48 bits per heavy atom. The number of anilines is 3. The number of nitrogens with zero attached hydrogens (tertiary/aromatic N) is 1. The molecule has 0 aromatic heterocycles. The van der Waals surface area contributed by atoms with E-state index in [1.807, 2.05) is 24.3 Å². The van der Waals surface area contributed by atoms with Crippen molar-refractivity contribution >= 4 is 28.9 Å². The average Bonchev–Trinajstić information content (AvgIpc) is 2.81. The molecule has 1 aliphatic rings. The number of carboxylic acids is 1. The summed E-state index contributed by atoms with van der Waals surface area (Å²) in [7, 11) is 1.58. The van der Waals surface area contributed by atoms with Crippen molar-refractivity contribution in [3.63, 3.8) is 0 Å². The van der Waals surface area contributed by atoms with E-state index >= 15 is 0 Å². The Bertz CT molecular complexity index is 942. The van der Waals surface area contributed by atoms with Crippen molar-refractivity contribution in [2.45, 2.75) is 38.1 Å². The molecular weight excluding hydrogens is 422 g/mol. The largest absolute Gasteiger partial charge is 0.481 e. The lowest BCUT2D eigenvalue weighted by molar-refractivity contribution is -0.137. The Balaban J connectivity index is 1.99. The molecule has 2 aromatic rings. The SMILES string of the molecule is CCN(c1ccc(C(COC)CC(=O)O)cc1Nc1ccc(C(N)=O)cc1)C1CCOCC1. The van der Waals surface area contributed by atoms with Crippen LogP contribution in [0.3, 0.4) is 0 Å².